The van der Waals surface area contributed by atoms with Gasteiger partial charge >= 0.3 is 12.1 Å². The van der Waals surface area contributed by atoms with E-state index in [1.807, 2.05) is 30.3 Å². The minimum Gasteiger partial charge on any atom is -0.496 e. The van der Waals surface area contributed by atoms with E-state index in [4.69, 9.17) is 14.2 Å². The molecule has 1 heterocycles. The minimum absolute atomic E-state index is 0.0563. The number of nitrogens with zero attached hydrogens (tertiary/aromatic N) is 2. The number of hydrogen-bond acceptors (Lipinski definition) is 9. The molecule has 1 unspecified atom stereocenters. The molecule has 3 amide bonds. The summed E-state index contributed by atoms with van der Waals surface area (Å²) in [4.78, 5) is 57.2. The molecule has 0 aliphatic carbocycles. The first kappa shape index (κ1) is 34.6. The van der Waals surface area contributed by atoms with Gasteiger partial charge in [0.15, 0.2) is 6.04 Å². The maximum Gasteiger partial charge on any atom is 0.408 e. The average molecular weight is 624 g/mol. The number of aliphatic carboxylic acids is 1. The van der Waals surface area contributed by atoms with Gasteiger partial charge in [-0.25, -0.2) is 14.6 Å². The molecule has 2 aromatic carbocycles. The smallest absolute Gasteiger partial charge is 0.408 e. The number of benzene rings is 2. The first-order valence-electron chi connectivity index (χ1n) is 14.3. The Morgan fingerprint density at radius 2 is 1.67 bits per heavy atom. The molecule has 0 spiro atoms. The van der Waals surface area contributed by atoms with Gasteiger partial charge in [0.05, 0.1) is 26.9 Å². The number of carbonyl (C=O) groups excluding carboxylic acids is 3. The van der Waals surface area contributed by atoms with E-state index in [1.165, 1.54) is 38.3 Å². The summed E-state index contributed by atoms with van der Waals surface area (Å²) >= 11 is 0. The zero-order chi connectivity index (χ0) is 33.2. The van der Waals surface area contributed by atoms with E-state index in [9.17, 15) is 24.3 Å². The molecule has 0 fully saturated rings. The predicted octanol–water partition coefficient (Wildman–Crippen LogP) is 3.13. The summed E-state index contributed by atoms with van der Waals surface area (Å²) in [6.45, 7) is 8.15. The molecule has 0 saturated carbocycles. The Labute approximate surface area is 262 Å². The third-order valence-electron chi connectivity index (χ3n) is 6.46. The van der Waals surface area contributed by atoms with Gasteiger partial charge in [-0.1, -0.05) is 48.5 Å². The fraction of sp³-hybridized carbons (Fsp3) is 0.406. The number of carbonyl (C=O) groups is 4. The van der Waals surface area contributed by atoms with E-state index >= 15 is 0 Å². The summed E-state index contributed by atoms with van der Waals surface area (Å²) in [5, 5.41) is 17.9. The Balaban J connectivity index is 1.79. The number of para-hydroxylation sites is 1. The molecule has 0 radical (unpaired) electrons. The number of methoxy groups -OCH3 is 1. The zero-order valence-electron chi connectivity index (χ0n) is 26.3. The lowest BCUT2D eigenvalue weighted by Crippen LogP contribution is -2.60. The molecule has 3 rings (SSSR count). The summed E-state index contributed by atoms with van der Waals surface area (Å²) < 4.78 is 16.4. The Morgan fingerprint density at radius 3 is 2.31 bits per heavy atom. The van der Waals surface area contributed by atoms with Crippen molar-refractivity contribution in [3.63, 3.8) is 0 Å². The first-order valence-corrected chi connectivity index (χ1v) is 14.3. The summed E-state index contributed by atoms with van der Waals surface area (Å²) in [5.74, 6) is -2.01. The summed E-state index contributed by atoms with van der Waals surface area (Å²) in [6, 6.07) is 13.7. The second-order valence-corrected chi connectivity index (χ2v) is 11.8. The van der Waals surface area contributed by atoms with E-state index < -0.39 is 47.1 Å². The summed E-state index contributed by atoms with van der Waals surface area (Å²) in [5.41, 5.74) is -0.953. The first-order chi connectivity index (χ1) is 21.2. The van der Waals surface area contributed by atoms with Gasteiger partial charge in [-0.05, 0) is 46.2 Å². The van der Waals surface area contributed by atoms with Crippen molar-refractivity contribution >= 4 is 30.1 Å². The van der Waals surface area contributed by atoms with Crippen LogP contribution < -0.4 is 20.7 Å². The highest BCUT2D eigenvalue weighted by molar-refractivity contribution is 5.94. The van der Waals surface area contributed by atoms with Gasteiger partial charge in [-0.15, -0.1) is 0 Å². The van der Waals surface area contributed by atoms with Gasteiger partial charge in [0.2, 0.25) is 5.91 Å². The molecule has 0 bridgehead atoms. The van der Waals surface area contributed by atoms with Crippen molar-refractivity contribution in [2.45, 2.75) is 64.4 Å². The van der Waals surface area contributed by atoms with Crippen LogP contribution in [-0.2, 0) is 30.5 Å². The van der Waals surface area contributed by atoms with Crippen LogP contribution >= 0.6 is 0 Å². The number of aliphatic imine (C=N–C) groups is 1. The Kier molecular flexibility index (Phi) is 11.7. The van der Waals surface area contributed by atoms with Crippen molar-refractivity contribution in [1.82, 2.24) is 20.9 Å². The van der Waals surface area contributed by atoms with E-state index in [0.717, 1.165) is 5.56 Å². The van der Waals surface area contributed by atoms with Gasteiger partial charge in [0, 0.05) is 18.0 Å². The van der Waals surface area contributed by atoms with Gasteiger partial charge in [0.25, 0.3) is 5.91 Å². The van der Waals surface area contributed by atoms with Gasteiger partial charge < -0.3 is 40.2 Å². The molecule has 1 aliphatic rings. The fourth-order valence-electron chi connectivity index (χ4n) is 4.29. The molecular formula is C32H41N5O8. The topological polar surface area (TPSA) is 168 Å². The molecule has 2 atom stereocenters. The standard InChI is InChI=1S/C32H41N5O8/c1-31(2,3)45-30(42)36-32(4,5)29(41)34-23(20-44-19-21-12-8-7-9-13-21)27(38)35-25-18-37(17-16-33-25)26(28(39)40)22-14-10-11-15-24(22)43-6/h7-16,18,23,26H,17,19-20H2,1-6H3,(H,34,41)(H,35,38)(H,36,42)(H,39,40)/t23-,26?/m1/s1. The number of amides is 3. The largest absolute Gasteiger partial charge is 0.496 e. The number of hydrogen-bond donors (Lipinski definition) is 4. The molecule has 45 heavy (non-hydrogen) atoms. The van der Waals surface area contributed by atoms with Crippen LogP contribution in [0.25, 0.3) is 0 Å². The highest BCUT2D eigenvalue weighted by Crippen LogP contribution is 2.30. The zero-order valence-corrected chi connectivity index (χ0v) is 26.3. The van der Waals surface area contributed by atoms with E-state index in [-0.39, 0.29) is 25.6 Å². The lowest BCUT2D eigenvalue weighted by atomic mass is 10.0. The van der Waals surface area contributed by atoms with Crippen LogP contribution in [0.2, 0.25) is 0 Å². The second kappa shape index (κ2) is 15.2. The lowest BCUT2D eigenvalue weighted by molar-refractivity contribution is -0.142. The maximum absolute atomic E-state index is 13.5. The van der Waals surface area contributed by atoms with Crippen molar-refractivity contribution in [1.29, 1.82) is 0 Å². The van der Waals surface area contributed by atoms with E-state index in [1.54, 1.807) is 45.0 Å². The molecule has 1 aliphatic heterocycles. The van der Waals surface area contributed by atoms with Crippen LogP contribution in [0.4, 0.5) is 4.79 Å². The van der Waals surface area contributed by atoms with Crippen molar-refractivity contribution < 1.29 is 38.5 Å². The fourth-order valence-corrected chi connectivity index (χ4v) is 4.29. The number of rotatable bonds is 13. The Bertz CT molecular complexity index is 1420. The SMILES string of the molecule is COc1ccccc1C(C(=O)O)N1C=C(NC(=O)[C@@H](COCc2ccccc2)NC(=O)C(C)(C)NC(=O)OC(C)(C)C)N=CC1. The van der Waals surface area contributed by atoms with Crippen LogP contribution in [0.1, 0.15) is 51.8 Å². The molecule has 0 aromatic heterocycles. The number of nitrogens with one attached hydrogen (secondary N) is 3. The highest BCUT2D eigenvalue weighted by Gasteiger charge is 2.35. The van der Waals surface area contributed by atoms with Crippen molar-refractivity contribution in [3.8, 4) is 5.75 Å². The predicted molar refractivity (Wildman–Crippen MR) is 166 cm³/mol. The minimum atomic E-state index is -1.46. The summed E-state index contributed by atoms with van der Waals surface area (Å²) in [6.07, 6.45) is 2.09. The van der Waals surface area contributed by atoms with E-state index in [0.29, 0.717) is 11.3 Å². The van der Waals surface area contributed by atoms with Crippen molar-refractivity contribution in [2.24, 2.45) is 4.99 Å². The molecular weight excluding hydrogens is 582 g/mol. The highest BCUT2D eigenvalue weighted by atomic mass is 16.6. The molecule has 13 nitrogen and oxygen atoms in total. The quantitative estimate of drug-likeness (QED) is 0.262. The molecule has 242 valence electrons. The van der Waals surface area contributed by atoms with E-state index in [2.05, 4.69) is 20.9 Å². The molecule has 13 heteroatoms. The second-order valence-electron chi connectivity index (χ2n) is 11.8. The number of alkyl carbamates (subject to hydrolysis) is 1. The number of carboxylic acid groups (broad SMARTS) is 1. The van der Waals surface area contributed by atoms with Crippen molar-refractivity contribution in [2.75, 3.05) is 20.3 Å². The normalized spacial score (nSPS) is 14.4. The summed E-state index contributed by atoms with van der Waals surface area (Å²) in [7, 11) is 1.45. The maximum atomic E-state index is 13.5. The van der Waals surface area contributed by atoms with Crippen LogP contribution in [0.5, 0.6) is 5.75 Å². The molecule has 2 aromatic rings. The Hall–Kier alpha value is -4.91. The lowest BCUT2D eigenvalue weighted by Gasteiger charge is -2.31. The van der Waals surface area contributed by atoms with Gasteiger partial charge in [-0.2, -0.15) is 0 Å². The molecule has 0 saturated heterocycles. The van der Waals surface area contributed by atoms with Gasteiger partial charge in [0.1, 0.15) is 28.8 Å². The molecule has 4 N–H and O–H groups in total. The van der Waals surface area contributed by atoms with Crippen LogP contribution in [-0.4, -0.2) is 77.5 Å². The Morgan fingerprint density at radius 1 is 1.00 bits per heavy atom. The number of carboxylic acids is 1. The van der Waals surface area contributed by atoms with Crippen LogP contribution in [0.15, 0.2) is 71.6 Å². The van der Waals surface area contributed by atoms with Gasteiger partial charge in [-0.3, -0.25) is 9.59 Å². The monoisotopic (exact) mass is 623 g/mol. The van der Waals surface area contributed by atoms with Crippen LogP contribution in [0, 0.1) is 0 Å². The third-order valence-corrected chi connectivity index (χ3v) is 6.46. The van der Waals surface area contributed by atoms with Crippen LogP contribution in [0.3, 0.4) is 0 Å². The third kappa shape index (κ3) is 10.3. The number of ether oxygens (including phenoxy) is 3. The average Bonchev–Trinajstić information content (AvgIpc) is 2.96. The van der Waals surface area contributed by atoms with Crippen molar-refractivity contribution in [3.05, 3.63) is 77.7 Å².